The van der Waals surface area contributed by atoms with Crippen molar-refractivity contribution in [1.82, 2.24) is 0 Å². The average molecular weight is 324 g/mol. The van der Waals surface area contributed by atoms with Crippen LogP contribution in [0.2, 0.25) is 0 Å². The summed E-state index contributed by atoms with van der Waals surface area (Å²) in [5.41, 5.74) is 3.34. The summed E-state index contributed by atoms with van der Waals surface area (Å²) in [6.07, 6.45) is 0.338. The summed E-state index contributed by atoms with van der Waals surface area (Å²) in [5, 5.41) is 0. The van der Waals surface area contributed by atoms with Crippen LogP contribution in [0, 0.1) is 6.92 Å². The van der Waals surface area contributed by atoms with E-state index in [2.05, 4.69) is 6.58 Å². The van der Waals surface area contributed by atoms with E-state index in [0.29, 0.717) is 23.5 Å². The predicted octanol–water partition coefficient (Wildman–Crippen LogP) is 4.46. The van der Waals surface area contributed by atoms with Crippen molar-refractivity contribution in [1.29, 1.82) is 0 Å². The topological polar surface area (TPSA) is 52.6 Å². The molecule has 24 heavy (non-hydrogen) atoms. The van der Waals surface area contributed by atoms with Crippen LogP contribution in [0.15, 0.2) is 54.6 Å². The van der Waals surface area contributed by atoms with E-state index < -0.39 is 5.97 Å². The molecule has 2 rings (SSSR count). The number of benzene rings is 2. The number of hydrogen-bond donors (Lipinski definition) is 0. The van der Waals surface area contributed by atoms with Gasteiger partial charge in [-0.05, 0) is 54.8 Å². The molecule has 2 aromatic carbocycles. The second-order valence-corrected chi connectivity index (χ2v) is 5.50. The Kier molecular flexibility index (Phi) is 5.53. The number of ether oxygens (including phenoxy) is 2. The molecule has 0 unspecified atom stereocenters. The van der Waals surface area contributed by atoms with Gasteiger partial charge in [-0.15, -0.1) is 0 Å². The first-order valence-electron chi connectivity index (χ1n) is 7.70. The molecule has 0 heterocycles. The summed E-state index contributed by atoms with van der Waals surface area (Å²) in [5.74, 6) is 0.305. The van der Waals surface area contributed by atoms with Gasteiger partial charge in [-0.2, -0.15) is 0 Å². The maximum atomic E-state index is 11.5. The fraction of sp³-hybridized carbons (Fsp3) is 0.200. The molecule has 0 aliphatic carbocycles. The molecule has 0 saturated heterocycles. The number of hydrogen-bond acceptors (Lipinski definition) is 4. The normalized spacial score (nSPS) is 10.1. The van der Waals surface area contributed by atoms with Crippen LogP contribution in [-0.4, -0.2) is 11.9 Å². The summed E-state index contributed by atoms with van der Waals surface area (Å²) in [7, 11) is 0. The van der Waals surface area contributed by atoms with Crippen molar-refractivity contribution in [3.63, 3.8) is 0 Å². The molecule has 4 heteroatoms. The fourth-order valence-electron chi connectivity index (χ4n) is 2.12. The monoisotopic (exact) mass is 324 g/mol. The summed E-state index contributed by atoms with van der Waals surface area (Å²) in [6.45, 7) is 8.86. The van der Waals surface area contributed by atoms with Crippen molar-refractivity contribution in [3.05, 3.63) is 60.2 Å². The molecular formula is C20H20O4. The molecule has 0 radical (unpaired) electrons. The van der Waals surface area contributed by atoms with Crippen LogP contribution in [0.3, 0.4) is 0 Å². The summed E-state index contributed by atoms with van der Waals surface area (Å²) in [6, 6.07) is 12.7. The molecule has 2 aromatic rings. The highest BCUT2D eigenvalue weighted by Crippen LogP contribution is 2.28. The van der Waals surface area contributed by atoms with Crippen LogP contribution in [-0.2, 0) is 9.59 Å². The van der Waals surface area contributed by atoms with Crippen LogP contribution in [0.4, 0.5) is 0 Å². The van der Waals surface area contributed by atoms with Gasteiger partial charge in [-0.3, -0.25) is 4.79 Å². The Labute approximate surface area is 141 Å². The minimum absolute atomic E-state index is 0.258. The summed E-state index contributed by atoms with van der Waals surface area (Å²) < 4.78 is 10.4. The third-order valence-electron chi connectivity index (χ3n) is 3.44. The van der Waals surface area contributed by atoms with E-state index in [1.54, 1.807) is 32.0 Å². The van der Waals surface area contributed by atoms with Crippen molar-refractivity contribution in [2.75, 3.05) is 0 Å². The standard InChI is InChI=1S/C20H20O4/c1-5-19(21)23-17-10-11-18(14(4)12-17)15-6-8-16(9-7-15)24-20(22)13(2)3/h6-12H,2,5H2,1,3-4H3. The first-order chi connectivity index (χ1) is 11.4. The SMILES string of the molecule is C=C(C)C(=O)Oc1ccc(-c2ccc(OC(=O)CC)cc2C)cc1. The zero-order chi connectivity index (χ0) is 17.7. The molecule has 0 aliphatic heterocycles. The van der Waals surface area contributed by atoms with Gasteiger partial charge in [0.05, 0.1) is 0 Å². The van der Waals surface area contributed by atoms with Gasteiger partial charge in [-0.1, -0.05) is 31.7 Å². The minimum atomic E-state index is -0.443. The van der Waals surface area contributed by atoms with Crippen molar-refractivity contribution in [2.24, 2.45) is 0 Å². The molecule has 4 nitrogen and oxygen atoms in total. The quantitative estimate of drug-likeness (QED) is 0.463. The summed E-state index contributed by atoms with van der Waals surface area (Å²) in [4.78, 5) is 22.9. The Morgan fingerprint density at radius 3 is 2.17 bits per heavy atom. The molecule has 0 amide bonds. The lowest BCUT2D eigenvalue weighted by Crippen LogP contribution is -2.07. The van der Waals surface area contributed by atoms with E-state index in [1.807, 2.05) is 31.2 Å². The third-order valence-corrected chi connectivity index (χ3v) is 3.44. The lowest BCUT2D eigenvalue weighted by Gasteiger charge is -2.10. The zero-order valence-corrected chi connectivity index (χ0v) is 14.1. The van der Waals surface area contributed by atoms with Gasteiger partial charge in [0.15, 0.2) is 0 Å². The molecule has 0 atom stereocenters. The van der Waals surface area contributed by atoms with Gasteiger partial charge in [0.25, 0.3) is 0 Å². The number of carbonyl (C=O) groups excluding carboxylic acids is 2. The average Bonchev–Trinajstić information content (AvgIpc) is 2.55. The Balaban J connectivity index is 2.18. The van der Waals surface area contributed by atoms with Crippen molar-refractivity contribution < 1.29 is 19.1 Å². The van der Waals surface area contributed by atoms with Gasteiger partial charge < -0.3 is 9.47 Å². The van der Waals surface area contributed by atoms with Gasteiger partial charge in [0.1, 0.15) is 11.5 Å². The number of rotatable bonds is 5. The van der Waals surface area contributed by atoms with Crippen LogP contribution in [0.1, 0.15) is 25.8 Å². The van der Waals surface area contributed by atoms with Gasteiger partial charge in [-0.25, -0.2) is 4.79 Å². The molecule has 0 bridgehead atoms. The highest BCUT2D eigenvalue weighted by Gasteiger charge is 2.08. The predicted molar refractivity (Wildman–Crippen MR) is 93.0 cm³/mol. The first-order valence-corrected chi connectivity index (χ1v) is 7.70. The Hall–Kier alpha value is -2.88. The van der Waals surface area contributed by atoms with Gasteiger partial charge in [0, 0.05) is 12.0 Å². The van der Waals surface area contributed by atoms with Crippen LogP contribution >= 0.6 is 0 Å². The molecule has 0 fully saturated rings. The summed E-state index contributed by atoms with van der Waals surface area (Å²) >= 11 is 0. The molecule has 124 valence electrons. The molecule has 0 aromatic heterocycles. The number of carbonyl (C=O) groups is 2. The second-order valence-electron chi connectivity index (χ2n) is 5.50. The minimum Gasteiger partial charge on any atom is -0.427 e. The number of esters is 2. The Morgan fingerprint density at radius 1 is 1.00 bits per heavy atom. The van der Waals surface area contributed by atoms with Gasteiger partial charge >= 0.3 is 11.9 Å². The van der Waals surface area contributed by atoms with E-state index in [0.717, 1.165) is 16.7 Å². The molecular weight excluding hydrogens is 304 g/mol. The van der Waals surface area contributed by atoms with Crippen molar-refractivity contribution >= 4 is 11.9 Å². The second kappa shape index (κ2) is 7.59. The van der Waals surface area contributed by atoms with Crippen LogP contribution in [0.5, 0.6) is 11.5 Å². The first kappa shape index (κ1) is 17.5. The molecule has 0 N–H and O–H groups in total. The maximum Gasteiger partial charge on any atom is 0.338 e. The van der Waals surface area contributed by atoms with E-state index in [9.17, 15) is 9.59 Å². The van der Waals surface area contributed by atoms with Crippen LogP contribution in [0.25, 0.3) is 11.1 Å². The zero-order valence-electron chi connectivity index (χ0n) is 14.1. The smallest absolute Gasteiger partial charge is 0.338 e. The Morgan fingerprint density at radius 2 is 1.62 bits per heavy atom. The highest BCUT2D eigenvalue weighted by atomic mass is 16.5. The molecule has 0 aliphatic rings. The molecule has 0 spiro atoms. The highest BCUT2D eigenvalue weighted by molar-refractivity contribution is 5.88. The largest absolute Gasteiger partial charge is 0.427 e. The van der Waals surface area contributed by atoms with E-state index in [1.165, 1.54) is 0 Å². The third kappa shape index (κ3) is 4.32. The van der Waals surface area contributed by atoms with Gasteiger partial charge in [0.2, 0.25) is 0 Å². The Bertz CT molecular complexity index is 773. The van der Waals surface area contributed by atoms with E-state index in [4.69, 9.17) is 9.47 Å². The van der Waals surface area contributed by atoms with Crippen LogP contribution < -0.4 is 9.47 Å². The van der Waals surface area contributed by atoms with E-state index in [-0.39, 0.29) is 5.97 Å². The lowest BCUT2D eigenvalue weighted by molar-refractivity contribution is -0.134. The fourth-order valence-corrected chi connectivity index (χ4v) is 2.12. The number of aryl methyl sites for hydroxylation is 1. The maximum absolute atomic E-state index is 11.5. The lowest BCUT2D eigenvalue weighted by atomic mass is 10.0. The van der Waals surface area contributed by atoms with E-state index >= 15 is 0 Å². The van der Waals surface area contributed by atoms with Crippen molar-refractivity contribution in [3.8, 4) is 22.6 Å². The molecule has 0 saturated carbocycles. The van der Waals surface area contributed by atoms with Crippen molar-refractivity contribution in [2.45, 2.75) is 27.2 Å².